The average Bonchev–Trinajstić information content (AvgIpc) is 2.82. The third kappa shape index (κ3) is 5.95. The van der Waals surface area contributed by atoms with Crippen LogP contribution >= 0.6 is 23.2 Å². The van der Waals surface area contributed by atoms with E-state index in [1.54, 1.807) is 43.4 Å². The molecule has 184 valence electrons. The summed E-state index contributed by atoms with van der Waals surface area (Å²) in [6, 6.07) is 16.2. The van der Waals surface area contributed by atoms with Crippen LogP contribution in [0.15, 0.2) is 65.6 Å². The van der Waals surface area contributed by atoms with Gasteiger partial charge in [-0.05, 0) is 59.5 Å². The SMILES string of the molecule is CN(Cc1ccccc1Cl)C(=O)CN1CCCC(NS(=O)(=O)c2ccc3cc(Cl)ccc3c2)C1=O. The molecule has 7 nitrogen and oxygen atoms in total. The quantitative estimate of drug-likeness (QED) is 0.495. The monoisotopic (exact) mass is 533 g/mol. The van der Waals surface area contributed by atoms with Gasteiger partial charge in [0.05, 0.1) is 11.4 Å². The predicted molar refractivity (Wildman–Crippen MR) is 137 cm³/mol. The number of likely N-dealkylation sites (N-methyl/N-ethyl adjacent to an activating group) is 1. The third-order valence-electron chi connectivity index (χ3n) is 6.03. The number of likely N-dealkylation sites (tertiary alicyclic amines) is 1. The highest BCUT2D eigenvalue weighted by atomic mass is 35.5. The molecular formula is C25H25Cl2N3O4S. The minimum Gasteiger partial charge on any atom is -0.340 e. The molecule has 3 aromatic carbocycles. The van der Waals surface area contributed by atoms with Gasteiger partial charge in [0.2, 0.25) is 21.8 Å². The van der Waals surface area contributed by atoms with Gasteiger partial charge in [-0.25, -0.2) is 8.42 Å². The van der Waals surface area contributed by atoms with Crippen LogP contribution in [-0.2, 0) is 26.2 Å². The van der Waals surface area contributed by atoms with E-state index < -0.39 is 22.0 Å². The summed E-state index contributed by atoms with van der Waals surface area (Å²) in [5.41, 5.74) is 0.804. The van der Waals surface area contributed by atoms with Gasteiger partial charge in [0.25, 0.3) is 0 Å². The lowest BCUT2D eigenvalue weighted by molar-refractivity contribution is -0.142. The number of hydrogen-bond acceptors (Lipinski definition) is 4. The van der Waals surface area contributed by atoms with E-state index in [4.69, 9.17) is 23.2 Å². The number of amides is 2. The fraction of sp³-hybridized carbons (Fsp3) is 0.280. The second-order valence-electron chi connectivity index (χ2n) is 8.57. The molecule has 0 radical (unpaired) electrons. The van der Waals surface area contributed by atoms with Crippen LogP contribution in [-0.4, -0.2) is 56.2 Å². The molecule has 1 aliphatic heterocycles. The molecule has 0 spiro atoms. The molecule has 1 heterocycles. The maximum absolute atomic E-state index is 13.0. The Kier molecular flexibility index (Phi) is 7.66. The van der Waals surface area contributed by atoms with Crippen molar-refractivity contribution >= 4 is 55.8 Å². The molecule has 1 atom stereocenters. The van der Waals surface area contributed by atoms with Crippen LogP contribution in [0.5, 0.6) is 0 Å². The fourth-order valence-electron chi connectivity index (χ4n) is 4.08. The maximum atomic E-state index is 13.0. The zero-order valence-corrected chi connectivity index (χ0v) is 21.4. The summed E-state index contributed by atoms with van der Waals surface area (Å²) >= 11 is 12.2. The molecule has 0 saturated carbocycles. The second-order valence-corrected chi connectivity index (χ2v) is 11.1. The largest absolute Gasteiger partial charge is 0.340 e. The van der Waals surface area contributed by atoms with Crippen LogP contribution in [0.2, 0.25) is 10.0 Å². The third-order valence-corrected chi connectivity index (χ3v) is 8.10. The van der Waals surface area contributed by atoms with E-state index in [1.807, 2.05) is 18.2 Å². The van der Waals surface area contributed by atoms with Crippen LogP contribution in [0.4, 0.5) is 0 Å². The number of carbonyl (C=O) groups is 2. The minimum absolute atomic E-state index is 0.0628. The Morgan fingerprint density at radius 1 is 1.09 bits per heavy atom. The Labute approximate surface area is 214 Å². The molecule has 1 saturated heterocycles. The van der Waals surface area contributed by atoms with Crippen molar-refractivity contribution in [3.63, 3.8) is 0 Å². The summed E-state index contributed by atoms with van der Waals surface area (Å²) in [4.78, 5) is 28.8. The Hall–Kier alpha value is -2.65. The first kappa shape index (κ1) is 25.4. The highest BCUT2D eigenvalue weighted by Crippen LogP contribution is 2.24. The minimum atomic E-state index is -3.95. The number of nitrogens with one attached hydrogen (secondary N) is 1. The number of benzene rings is 3. The van der Waals surface area contributed by atoms with Crippen molar-refractivity contribution in [1.29, 1.82) is 0 Å². The normalized spacial score (nSPS) is 16.5. The lowest BCUT2D eigenvalue weighted by atomic mass is 10.1. The molecule has 2 amide bonds. The van der Waals surface area contributed by atoms with Crippen molar-refractivity contribution in [1.82, 2.24) is 14.5 Å². The van der Waals surface area contributed by atoms with Gasteiger partial charge in [-0.2, -0.15) is 4.72 Å². The summed E-state index contributed by atoms with van der Waals surface area (Å²) in [5.74, 6) is -0.665. The number of rotatable bonds is 7. The molecule has 1 N–H and O–H groups in total. The predicted octanol–water partition coefficient (Wildman–Crippen LogP) is 4.07. The van der Waals surface area contributed by atoms with Gasteiger partial charge in [-0.15, -0.1) is 0 Å². The van der Waals surface area contributed by atoms with E-state index in [1.165, 1.54) is 15.9 Å². The Morgan fingerprint density at radius 3 is 2.57 bits per heavy atom. The smallest absolute Gasteiger partial charge is 0.242 e. The van der Waals surface area contributed by atoms with Gasteiger partial charge in [-0.1, -0.05) is 53.5 Å². The zero-order valence-electron chi connectivity index (χ0n) is 19.1. The number of fused-ring (bicyclic) bond motifs is 1. The van der Waals surface area contributed by atoms with Gasteiger partial charge in [-0.3, -0.25) is 9.59 Å². The second kappa shape index (κ2) is 10.5. The fourth-order valence-corrected chi connectivity index (χ4v) is 5.71. The van der Waals surface area contributed by atoms with Gasteiger partial charge in [0.15, 0.2) is 0 Å². The van der Waals surface area contributed by atoms with Crippen molar-refractivity contribution in [2.75, 3.05) is 20.1 Å². The molecule has 4 rings (SSSR count). The number of sulfonamides is 1. The Bertz CT molecular complexity index is 1380. The van der Waals surface area contributed by atoms with Gasteiger partial charge in [0.1, 0.15) is 6.04 Å². The van der Waals surface area contributed by atoms with E-state index in [9.17, 15) is 18.0 Å². The lowest BCUT2D eigenvalue weighted by Crippen LogP contribution is -2.54. The highest BCUT2D eigenvalue weighted by molar-refractivity contribution is 7.89. The van der Waals surface area contributed by atoms with Crippen molar-refractivity contribution in [2.24, 2.45) is 0 Å². The number of halogens is 2. The van der Waals surface area contributed by atoms with Crippen molar-refractivity contribution < 1.29 is 18.0 Å². The molecule has 1 aliphatic rings. The first-order valence-electron chi connectivity index (χ1n) is 11.1. The molecule has 10 heteroatoms. The first-order chi connectivity index (χ1) is 16.6. The highest BCUT2D eigenvalue weighted by Gasteiger charge is 2.33. The van der Waals surface area contributed by atoms with Crippen LogP contribution in [0.25, 0.3) is 10.8 Å². The number of hydrogen-bond donors (Lipinski definition) is 1. The van der Waals surface area contributed by atoms with E-state index in [2.05, 4.69) is 4.72 Å². The summed E-state index contributed by atoms with van der Waals surface area (Å²) in [7, 11) is -2.30. The molecular weight excluding hydrogens is 509 g/mol. The van der Waals surface area contributed by atoms with E-state index in [0.717, 1.165) is 16.3 Å². The van der Waals surface area contributed by atoms with Crippen LogP contribution in [0.3, 0.4) is 0 Å². The number of piperidine rings is 1. The Balaban J connectivity index is 1.42. The molecule has 0 aliphatic carbocycles. The van der Waals surface area contributed by atoms with Crippen molar-refractivity contribution in [3.8, 4) is 0 Å². The van der Waals surface area contributed by atoms with Crippen LogP contribution in [0, 0.1) is 0 Å². The maximum Gasteiger partial charge on any atom is 0.242 e. The number of carbonyl (C=O) groups excluding carboxylic acids is 2. The molecule has 3 aromatic rings. The summed E-state index contributed by atoms with van der Waals surface area (Å²) in [6.45, 7) is 0.567. The molecule has 0 bridgehead atoms. The summed E-state index contributed by atoms with van der Waals surface area (Å²) in [6.07, 6.45) is 0.943. The summed E-state index contributed by atoms with van der Waals surface area (Å²) < 4.78 is 28.6. The van der Waals surface area contributed by atoms with Crippen molar-refractivity contribution in [3.05, 3.63) is 76.3 Å². The molecule has 1 unspecified atom stereocenters. The van der Waals surface area contributed by atoms with E-state index in [0.29, 0.717) is 36.0 Å². The number of nitrogens with zero attached hydrogens (tertiary/aromatic N) is 2. The molecule has 35 heavy (non-hydrogen) atoms. The van der Waals surface area contributed by atoms with E-state index >= 15 is 0 Å². The average molecular weight is 534 g/mol. The van der Waals surface area contributed by atoms with Gasteiger partial charge >= 0.3 is 0 Å². The zero-order chi connectivity index (χ0) is 25.2. The molecule has 0 aromatic heterocycles. The summed E-state index contributed by atoms with van der Waals surface area (Å²) in [5, 5.41) is 2.66. The lowest BCUT2D eigenvalue weighted by Gasteiger charge is -2.33. The molecule has 1 fully saturated rings. The van der Waals surface area contributed by atoms with Crippen LogP contribution < -0.4 is 4.72 Å². The van der Waals surface area contributed by atoms with Gasteiger partial charge in [0, 0.05) is 30.2 Å². The standard InChI is InChI=1S/C25H25Cl2N3O4S/c1-29(15-19-5-2-3-6-22(19)27)24(31)16-30-12-4-7-23(25(30)32)28-35(33,34)21-11-9-17-13-20(26)10-8-18(17)14-21/h2-3,5-6,8-11,13-14,23,28H,4,7,12,15-16H2,1H3. The van der Waals surface area contributed by atoms with Gasteiger partial charge < -0.3 is 9.80 Å². The Morgan fingerprint density at radius 2 is 1.80 bits per heavy atom. The van der Waals surface area contributed by atoms with Crippen molar-refractivity contribution in [2.45, 2.75) is 30.3 Å². The topological polar surface area (TPSA) is 86.8 Å². The van der Waals surface area contributed by atoms with E-state index in [-0.39, 0.29) is 17.3 Å². The van der Waals surface area contributed by atoms with Crippen LogP contribution in [0.1, 0.15) is 18.4 Å². The first-order valence-corrected chi connectivity index (χ1v) is 13.4.